The summed E-state index contributed by atoms with van der Waals surface area (Å²) in [7, 11) is 1.43. The molecule has 0 amide bonds. The van der Waals surface area contributed by atoms with Gasteiger partial charge in [-0.1, -0.05) is 11.6 Å². The fourth-order valence-corrected chi connectivity index (χ4v) is 2.66. The number of rotatable bonds is 3. The molecule has 94 valence electrons. The summed E-state index contributed by atoms with van der Waals surface area (Å²) < 4.78 is 18.5. The lowest BCUT2D eigenvalue weighted by molar-refractivity contribution is 0.372. The van der Waals surface area contributed by atoms with E-state index in [0.29, 0.717) is 10.9 Å². The Morgan fingerprint density at radius 3 is 2.94 bits per heavy atom. The number of hydrogen-bond donors (Lipinski definition) is 1. The van der Waals surface area contributed by atoms with E-state index in [-0.39, 0.29) is 11.6 Å². The average molecular weight is 258 g/mol. The molecular formula is C13H17ClFNO. The normalized spacial score (nSPS) is 20.3. The molecule has 2 nitrogen and oxygen atoms in total. The minimum Gasteiger partial charge on any atom is -0.492 e. The highest BCUT2D eigenvalue weighted by Crippen LogP contribution is 2.30. The van der Waals surface area contributed by atoms with Gasteiger partial charge in [-0.3, -0.25) is 0 Å². The molecule has 0 saturated carbocycles. The van der Waals surface area contributed by atoms with Gasteiger partial charge in [0.2, 0.25) is 0 Å². The molecule has 0 spiro atoms. The Kier molecular flexibility index (Phi) is 4.24. The Morgan fingerprint density at radius 1 is 1.53 bits per heavy atom. The maximum Gasteiger partial charge on any atom is 0.173 e. The molecule has 1 N–H and O–H groups in total. The summed E-state index contributed by atoms with van der Waals surface area (Å²) in [5, 5.41) is 3.71. The second-order valence-corrected chi connectivity index (χ2v) is 4.92. The zero-order chi connectivity index (χ0) is 12.3. The molecule has 4 heteroatoms. The highest BCUT2D eigenvalue weighted by atomic mass is 35.5. The molecule has 1 aromatic rings. The Morgan fingerprint density at radius 2 is 2.35 bits per heavy atom. The van der Waals surface area contributed by atoms with E-state index in [1.807, 2.05) is 0 Å². The zero-order valence-corrected chi connectivity index (χ0v) is 10.7. The number of hydrogen-bond acceptors (Lipinski definition) is 2. The first-order valence-electron chi connectivity index (χ1n) is 5.93. The number of halogens is 2. The van der Waals surface area contributed by atoms with Gasteiger partial charge in [0.25, 0.3) is 0 Å². The van der Waals surface area contributed by atoms with Crippen LogP contribution in [0.15, 0.2) is 12.1 Å². The third-order valence-electron chi connectivity index (χ3n) is 3.19. The van der Waals surface area contributed by atoms with Crippen molar-refractivity contribution in [3.8, 4) is 5.75 Å². The van der Waals surface area contributed by atoms with E-state index in [0.717, 1.165) is 25.1 Å². The molecule has 1 aliphatic rings. The van der Waals surface area contributed by atoms with E-state index in [1.54, 1.807) is 6.07 Å². The van der Waals surface area contributed by atoms with Crippen molar-refractivity contribution >= 4 is 11.6 Å². The molecule has 0 radical (unpaired) electrons. The molecule has 1 heterocycles. The van der Waals surface area contributed by atoms with Crippen molar-refractivity contribution in [1.82, 2.24) is 5.32 Å². The fraction of sp³-hybridized carbons (Fsp3) is 0.538. The minimum absolute atomic E-state index is 0.136. The van der Waals surface area contributed by atoms with Gasteiger partial charge >= 0.3 is 0 Å². The smallest absolute Gasteiger partial charge is 0.173 e. The molecule has 1 saturated heterocycles. The van der Waals surface area contributed by atoms with Gasteiger partial charge in [-0.05, 0) is 56.0 Å². The predicted molar refractivity (Wildman–Crippen MR) is 67.3 cm³/mol. The fourth-order valence-electron chi connectivity index (χ4n) is 2.36. The molecule has 17 heavy (non-hydrogen) atoms. The van der Waals surface area contributed by atoms with Crippen LogP contribution in [0, 0.1) is 11.7 Å². The van der Waals surface area contributed by atoms with Gasteiger partial charge in [0.05, 0.1) is 12.1 Å². The first-order valence-corrected chi connectivity index (χ1v) is 6.31. The van der Waals surface area contributed by atoms with Crippen molar-refractivity contribution in [2.24, 2.45) is 5.92 Å². The lowest BCUT2D eigenvalue weighted by Crippen LogP contribution is -2.30. The monoisotopic (exact) mass is 257 g/mol. The lowest BCUT2D eigenvalue weighted by atomic mass is 9.92. The van der Waals surface area contributed by atoms with Crippen molar-refractivity contribution in [2.45, 2.75) is 19.3 Å². The second kappa shape index (κ2) is 5.69. The summed E-state index contributed by atoms with van der Waals surface area (Å²) in [5.74, 6) is 0.337. The Balaban J connectivity index is 2.10. The molecule has 0 aliphatic carbocycles. The summed E-state index contributed by atoms with van der Waals surface area (Å²) in [6.07, 6.45) is 3.25. The molecule has 1 atom stereocenters. The van der Waals surface area contributed by atoms with Gasteiger partial charge in [-0.2, -0.15) is 0 Å². The number of benzene rings is 1. The molecular weight excluding hydrogens is 241 g/mol. The van der Waals surface area contributed by atoms with Crippen molar-refractivity contribution in [3.05, 3.63) is 28.5 Å². The molecule has 1 aromatic carbocycles. The van der Waals surface area contributed by atoms with Crippen LogP contribution in [0.5, 0.6) is 5.75 Å². The van der Waals surface area contributed by atoms with Crippen molar-refractivity contribution in [1.29, 1.82) is 0 Å². The van der Waals surface area contributed by atoms with Gasteiger partial charge in [0.15, 0.2) is 11.6 Å². The van der Waals surface area contributed by atoms with Gasteiger partial charge < -0.3 is 10.1 Å². The molecule has 2 rings (SSSR count). The lowest BCUT2D eigenvalue weighted by Gasteiger charge is -2.23. The summed E-state index contributed by atoms with van der Waals surface area (Å²) in [6, 6.07) is 3.33. The van der Waals surface area contributed by atoms with E-state index in [4.69, 9.17) is 16.3 Å². The van der Waals surface area contributed by atoms with E-state index >= 15 is 0 Å². The van der Waals surface area contributed by atoms with Crippen LogP contribution < -0.4 is 10.1 Å². The second-order valence-electron chi connectivity index (χ2n) is 4.51. The quantitative estimate of drug-likeness (QED) is 0.899. The number of nitrogens with one attached hydrogen (secondary N) is 1. The van der Waals surface area contributed by atoms with Crippen molar-refractivity contribution < 1.29 is 9.13 Å². The van der Waals surface area contributed by atoms with E-state index in [9.17, 15) is 4.39 Å². The van der Waals surface area contributed by atoms with Gasteiger partial charge in [0.1, 0.15) is 0 Å². The zero-order valence-electron chi connectivity index (χ0n) is 9.93. The summed E-state index contributed by atoms with van der Waals surface area (Å²) in [6.45, 7) is 2.10. The number of methoxy groups -OCH3 is 1. The summed E-state index contributed by atoms with van der Waals surface area (Å²) in [4.78, 5) is 0. The average Bonchev–Trinajstić information content (AvgIpc) is 2.30. The predicted octanol–water partition coefficient (Wildman–Crippen LogP) is 3.03. The Labute approximate surface area is 106 Å². The third kappa shape index (κ3) is 3.11. The SMILES string of the molecule is COc1c(F)cc(CC2CCCNC2)cc1Cl. The van der Waals surface area contributed by atoms with Crippen LogP contribution >= 0.6 is 11.6 Å². The van der Waals surface area contributed by atoms with Crippen LogP contribution in [0.3, 0.4) is 0 Å². The topological polar surface area (TPSA) is 21.3 Å². The molecule has 1 fully saturated rings. The maximum atomic E-state index is 13.6. The van der Waals surface area contributed by atoms with Gasteiger partial charge in [0, 0.05) is 0 Å². The molecule has 1 aliphatic heterocycles. The Hall–Kier alpha value is -0.800. The standard InChI is InChI=1S/C13H17ClFNO/c1-17-13-11(14)6-10(7-12(13)15)5-9-3-2-4-16-8-9/h6-7,9,16H,2-5,8H2,1H3. The van der Waals surface area contributed by atoms with Crippen molar-refractivity contribution in [2.75, 3.05) is 20.2 Å². The molecule has 0 aromatic heterocycles. The highest BCUT2D eigenvalue weighted by molar-refractivity contribution is 6.32. The third-order valence-corrected chi connectivity index (χ3v) is 3.47. The number of piperidine rings is 1. The summed E-state index contributed by atoms with van der Waals surface area (Å²) >= 11 is 5.97. The van der Waals surface area contributed by atoms with Crippen LogP contribution in [0.2, 0.25) is 5.02 Å². The maximum absolute atomic E-state index is 13.6. The number of ether oxygens (including phenoxy) is 1. The largest absolute Gasteiger partial charge is 0.492 e. The first kappa shape index (κ1) is 12.7. The molecule has 1 unspecified atom stereocenters. The molecule has 0 bridgehead atoms. The van der Waals surface area contributed by atoms with Crippen LogP contribution in [-0.4, -0.2) is 20.2 Å². The van der Waals surface area contributed by atoms with E-state index < -0.39 is 0 Å². The van der Waals surface area contributed by atoms with Crippen molar-refractivity contribution in [3.63, 3.8) is 0 Å². The van der Waals surface area contributed by atoms with Gasteiger partial charge in [-0.15, -0.1) is 0 Å². The van der Waals surface area contributed by atoms with Gasteiger partial charge in [-0.25, -0.2) is 4.39 Å². The Bertz CT molecular complexity index is 368. The van der Waals surface area contributed by atoms with Crippen LogP contribution in [0.4, 0.5) is 4.39 Å². The first-order chi connectivity index (χ1) is 8.20. The van der Waals surface area contributed by atoms with Crippen LogP contribution in [-0.2, 0) is 6.42 Å². The minimum atomic E-state index is -0.376. The van der Waals surface area contributed by atoms with Crippen LogP contribution in [0.25, 0.3) is 0 Å². The van der Waals surface area contributed by atoms with Crippen LogP contribution in [0.1, 0.15) is 18.4 Å². The highest BCUT2D eigenvalue weighted by Gasteiger charge is 2.16. The van der Waals surface area contributed by atoms with E-state index in [2.05, 4.69) is 5.32 Å². The summed E-state index contributed by atoms with van der Waals surface area (Å²) in [5.41, 5.74) is 0.946. The van der Waals surface area contributed by atoms with E-state index in [1.165, 1.54) is 26.0 Å².